The summed E-state index contributed by atoms with van der Waals surface area (Å²) in [5.41, 5.74) is 3.30. The molecule has 6 nitrogen and oxygen atoms in total. The Morgan fingerprint density at radius 3 is 2.74 bits per heavy atom. The van der Waals surface area contributed by atoms with E-state index in [2.05, 4.69) is 40.4 Å². The van der Waals surface area contributed by atoms with Crippen molar-refractivity contribution >= 4 is 5.91 Å². The molecule has 144 valence electrons. The van der Waals surface area contributed by atoms with Gasteiger partial charge in [0.05, 0.1) is 24.3 Å². The number of aromatic nitrogens is 2. The second-order valence-electron chi connectivity index (χ2n) is 7.67. The molecule has 1 fully saturated rings. The average molecular weight is 368 g/mol. The van der Waals surface area contributed by atoms with Crippen molar-refractivity contribution in [1.29, 1.82) is 0 Å². The fourth-order valence-electron chi connectivity index (χ4n) is 4.03. The minimum absolute atomic E-state index is 0.0361. The van der Waals surface area contributed by atoms with Crippen molar-refractivity contribution in [2.75, 3.05) is 19.7 Å². The molecule has 0 N–H and O–H groups in total. The van der Waals surface area contributed by atoms with Gasteiger partial charge in [-0.3, -0.25) is 14.5 Å². The van der Waals surface area contributed by atoms with Gasteiger partial charge in [0.1, 0.15) is 6.04 Å². The van der Waals surface area contributed by atoms with Crippen LogP contribution in [-0.4, -0.2) is 45.1 Å². The molecule has 27 heavy (non-hydrogen) atoms. The summed E-state index contributed by atoms with van der Waals surface area (Å²) in [6.45, 7) is 7.12. The van der Waals surface area contributed by atoms with Crippen LogP contribution in [-0.2, 0) is 22.6 Å². The Balaban J connectivity index is 1.70. The minimum Gasteiger partial charge on any atom is -0.330 e. The molecule has 0 spiro atoms. The van der Waals surface area contributed by atoms with Crippen LogP contribution in [0.3, 0.4) is 0 Å². The highest BCUT2D eigenvalue weighted by atomic mass is 16.7. The molecule has 1 amide bonds. The number of hydroxylamine groups is 2. The zero-order chi connectivity index (χ0) is 18.8. The minimum atomic E-state index is -0.350. The molecule has 0 radical (unpaired) electrons. The molecule has 1 unspecified atom stereocenters. The number of amides is 1. The average Bonchev–Trinajstić information content (AvgIpc) is 3.13. The van der Waals surface area contributed by atoms with Gasteiger partial charge < -0.3 is 4.57 Å². The van der Waals surface area contributed by atoms with Gasteiger partial charge >= 0.3 is 0 Å². The highest BCUT2D eigenvalue weighted by molar-refractivity contribution is 5.82. The Bertz CT molecular complexity index is 781. The molecular weight excluding hydrogens is 340 g/mol. The Morgan fingerprint density at radius 1 is 1.22 bits per heavy atom. The fraction of sp³-hybridized carbons (Fsp3) is 0.524. The van der Waals surface area contributed by atoms with E-state index in [-0.39, 0.29) is 18.0 Å². The van der Waals surface area contributed by atoms with Gasteiger partial charge in [-0.15, -0.1) is 0 Å². The van der Waals surface area contributed by atoms with Crippen LogP contribution in [0.2, 0.25) is 0 Å². The van der Waals surface area contributed by atoms with Crippen LogP contribution in [0.5, 0.6) is 0 Å². The van der Waals surface area contributed by atoms with E-state index < -0.39 is 0 Å². The lowest BCUT2D eigenvalue weighted by atomic mass is 9.99. The summed E-state index contributed by atoms with van der Waals surface area (Å²) in [6.07, 6.45) is 4.76. The van der Waals surface area contributed by atoms with Gasteiger partial charge in [0, 0.05) is 32.1 Å². The van der Waals surface area contributed by atoms with Crippen LogP contribution in [0, 0.1) is 0 Å². The van der Waals surface area contributed by atoms with E-state index in [0.29, 0.717) is 13.2 Å². The lowest BCUT2D eigenvalue weighted by molar-refractivity contribution is -0.203. The number of rotatable bonds is 4. The highest BCUT2D eigenvalue weighted by Gasteiger charge is 2.40. The summed E-state index contributed by atoms with van der Waals surface area (Å²) >= 11 is 0. The maximum absolute atomic E-state index is 13.5. The highest BCUT2D eigenvalue weighted by Crippen LogP contribution is 2.34. The Kier molecular flexibility index (Phi) is 5.27. The van der Waals surface area contributed by atoms with Gasteiger partial charge in [0.25, 0.3) is 5.91 Å². The van der Waals surface area contributed by atoms with Crippen molar-refractivity contribution < 1.29 is 9.63 Å². The van der Waals surface area contributed by atoms with Crippen molar-refractivity contribution in [2.24, 2.45) is 0 Å². The topological polar surface area (TPSA) is 50.6 Å². The van der Waals surface area contributed by atoms with Crippen LogP contribution in [0.1, 0.15) is 55.7 Å². The van der Waals surface area contributed by atoms with Crippen molar-refractivity contribution in [3.63, 3.8) is 0 Å². The zero-order valence-electron chi connectivity index (χ0n) is 16.2. The molecule has 0 aliphatic carbocycles. The summed E-state index contributed by atoms with van der Waals surface area (Å²) in [4.78, 5) is 26.1. The summed E-state index contributed by atoms with van der Waals surface area (Å²) in [6, 6.07) is 10.3. The van der Waals surface area contributed by atoms with Gasteiger partial charge in [0.15, 0.2) is 0 Å². The molecule has 1 aromatic carbocycles. The second-order valence-corrected chi connectivity index (χ2v) is 7.67. The van der Waals surface area contributed by atoms with Crippen LogP contribution >= 0.6 is 0 Å². The third-order valence-electron chi connectivity index (χ3n) is 5.44. The van der Waals surface area contributed by atoms with Gasteiger partial charge in [-0.1, -0.05) is 30.3 Å². The van der Waals surface area contributed by atoms with E-state index in [0.717, 1.165) is 43.7 Å². The van der Waals surface area contributed by atoms with Crippen LogP contribution in [0.15, 0.2) is 36.7 Å². The number of fused-ring (bicyclic) bond motifs is 1. The van der Waals surface area contributed by atoms with Gasteiger partial charge in [-0.05, 0) is 32.3 Å². The van der Waals surface area contributed by atoms with E-state index in [1.807, 2.05) is 24.5 Å². The molecule has 2 aliphatic rings. The normalized spacial score (nSPS) is 20.7. The molecule has 2 aliphatic heterocycles. The third-order valence-corrected chi connectivity index (χ3v) is 5.44. The summed E-state index contributed by atoms with van der Waals surface area (Å²) < 4.78 is 2.15. The molecule has 0 saturated carbocycles. The van der Waals surface area contributed by atoms with E-state index in [1.165, 1.54) is 5.56 Å². The number of carbonyl (C=O) groups is 1. The lowest BCUT2D eigenvalue weighted by Crippen LogP contribution is -2.48. The van der Waals surface area contributed by atoms with E-state index in [4.69, 9.17) is 4.84 Å². The third kappa shape index (κ3) is 3.64. The Hall–Kier alpha value is -2.18. The van der Waals surface area contributed by atoms with E-state index in [1.54, 1.807) is 5.06 Å². The second kappa shape index (κ2) is 7.82. The monoisotopic (exact) mass is 368 g/mol. The Labute approximate surface area is 160 Å². The first-order valence-corrected chi connectivity index (χ1v) is 9.93. The van der Waals surface area contributed by atoms with Crippen molar-refractivity contribution in [1.82, 2.24) is 19.5 Å². The molecule has 2 aromatic rings. The standard InChI is InChI=1S/C21H28N4O2/c1-16(2)24-15-22-18-10-12-23(14-17-8-4-3-5-9-17)20(19(18)24)21(26)25-11-6-7-13-27-25/h3-5,8-9,15-16,20H,6-7,10-14H2,1-2H3. The first-order valence-electron chi connectivity index (χ1n) is 9.93. The largest absolute Gasteiger partial charge is 0.330 e. The zero-order valence-corrected chi connectivity index (χ0v) is 16.2. The molecule has 4 rings (SSSR count). The van der Waals surface area contributed by atoms with Gasteiger partial charge in [-0.2, -0.15) is 0 Å². The summed E-state index contributed by atoms with van der Waals surface area (Å²) in [7, 11) is 0. The molecule has 1 saturated heterocycles. The van der Waals surface area contributed by atoms with Crippen molar-refractivity contribution in [3.8, 4) is 0 Å². The number of benzene rings is 1. The first kappa shape index (κ1) is 18.2. The number of hydrogen-bond donors (Lipinski definition) is 0. The van der Waals surface area contributed by atoms with Crippen LogP contribution in [0.4, 0.5) is 0 Å². The molecule has 1 aromatic heterocycles. The predicted molar refractivity (Wildman–Crippen MR) is 103 cm³/mol. The maximum Gasteiger partial charge on any atom is 0.269 e. The van der Waals surface area contributed by atoms with Gasteiger partial charge in [-0.25, -0.2) is 10.0 Å². The van der Waals surface area contributed by atoms with Crippen molar-refractivity contribution in [2.45, 2.75) is 51.7 Å². The first-order chi connectivity index (χ1) is 13.1. The SMILES string of the molecule is CC(C)n1cnc2c1C(C(=O)N1CCCCO1)N(Cc1ccccc1)CC2. The number of imidazole rings is 1. The van der Waals surface area contributed by atoms with Crippen LogP contribution < -0.4 is 0 Å². The molecule has 6 heteroatoms. The van der Waals surface area contributed by atoms with Gasteiger partial charge in [0.2, 0.25) is 0 Å². The number of carbonyl (C=O) groups excluding carboxylic acids is 1. The lowest BCUT2D eigenvalue weighted by Gasteiger charge is -2.39. The molecule has 1 atom stereocenters. The van der Waals surface area contributed by atoms with Crippen LogP contribution in [0.25, 0.3) is 0 Å². The predicted octanol–water partition coefficient (Wildman–Crippen LogP) is 3.12. The van der Waals surface area contributed by atoms with E-state index in [9.17, 15) is 4.79 Å². The Morgan fingerprint density at radius 2 is 2.04 bits per heavy atom. The molecular formula is C21H28N4O2. The molecule has 0 bridgehead atoms. The number of hydrogen-bond acceptors (Lipinski definition) is 4. The molecule has 3 heterocycles. The fourth-order valence-corrected chi connectivity index (χ4v) is 4.03. The van der Waals surface area contributed by atoms with E-state index >= 15 is 0 Å². The van der Waals surface area contributed by atoms with Crippen molar-refractivity contribution in [3.05, 3.63) is 53.6 Å². The summed E-state index contributed by atoms with van der Waals surface area (Å²) in [5.74, 6) is 0.0361. The number of nitrogens with zero attached hydrogens (tertiary/aromatic N) is 4. The summed E-state index contributed by atoms with van der Waals surface area (Å²) in [5, 5.41) is 1.58. The smallest absolute Gasteiger partial charge is 0.269 e. The quantitative estimate of drug-likeness (QED) is 0.832. The maximum atomic E-state index is 13.5.